The largest absolute Gasteiger partial charge is 0.481 e. The van der Waals surface area contributed by atoms with Gasteiger partial charge >= 0.3 is 17.8 Å². The van der Waals surface area contributed by atoms with Gasteiger partial charge in [0, 0.05) is 18.5 Å². The number of para-hydroxylation sites is 1. The number of nitrogens with zero attached hydrogens (tertiary/aromatic N) is 3. The number of alkyl halides is 3. The van der Waals surface area contributed by atoms with Gasteiger partial charge in [0.25, 0.3) is 0 Å². The molecule has 0 unspecified atom stereocenters. The van der Waals surface area contributed by atoms with E-state index in [2.05, 4.69) is 4.98 Å². The standard InChI is InChI=1S/C15H12F3N3O4/c16-15(17,18)10-7-20(6-9(10)14(22)23)13-8-3-1-2-4-11(8)19-5-12(13)21(24)25/h1-5,9-10H,6-7H2,(H,22,23)/t9-,10-/m1/s1. The van der Waals surface area contributed by atoms with E-state index in [9.17, 15) is 28.1 Å². The van der Waals surface area contributed by atoms with Crippen molar-refractivity contribution >= 4 is 28.2 Å². The predicted octanol–water partition coefficient (Wildman–Crippen LogP) is 2.84. The molecular weight excluding hydrogens is 343 g/mol. The Morgan fingerprint density at radius 3 is 2.56 bits per heavy atom. The fourth-order valence-electron chi connectivity index (χ4n) is 3.15. The highest BCUT2D eigenvalue weighted by Crippen LogP contribution is 2.43. The van der Waals surface area contributed by atoms with Crippen LogP contribution < -0.4 is 4.90 Å². The maximum atomic E-state index is 13.2. The molecule has 10 heteroatoms. The molecule has 25 heavy (non-hydrogen) atoms. The Morgan fingerprint density at radius 2 is 2.00 bits per heavy atom. The minimum Gasteiger partial charge on any atom is -0.481 e. The van der Waals surface area contributed by atoms with Gasteiger partial charge in [0.1, 0.15) is 11.9 Å². The first-order chi connectivity index (χ1) is 11.7. The number of aromatic nitrogens is 1. The summed E-state index contributed by atoms with van der Waals surface area (Å²) in [5, 5.41) is 20.8. The van der Waals surface area contributed by atoms with Gasteiger partial charge in [-0.2, -0.15) is 13.2 Å². The number of carboxylic acid groups (broad SMARTS) is 1. The van der Waals surface area contributed by atoms with Crippen LogP contribution in [0.2, 0.25) is 0 Å². The Hall–Kier alpha value is -2.91. The van der Waals surface area contributed by atoms with Crippen molar-refractivity contribution < 1.29 is 28.0 Å². The molecule has 0 amide bonds. The summed E-state index contributed by atoms with van der Waals surface area (Å²) in [6, 6.07) is 6.33. The molecule has 3 rings (SSSR count). The van der Waals surface area contributed by atoms with Crippen LogP contribution in [0.4, 0.5) is 24.5 Å². The second kappa shape index (κ2) is 5.87. The maximum Gasteiger partial charge on any atom is 0.394 e. The van der Waals surface area contributed by atoms with E-state index in [1.165, 1.54) is 6.07 Å². The lowest BCUT2D eigenvalue weighted by Crippen LogP contribution is -2.33. The zero-order chi connectivity index (χ0) is 18.4. The molecule has 7 nitrogen and oxygen atoms in total. The molecule has 1 aromatic heterocycles. The highest BCUT2D eigenvalue weighted by molar-refractivity contribution is 5.96. The second-order valence-corrected chi connectivity index (χ2v) is 5.76. The zero-order valence-electron chi connectivity index (χ0n) is 12.6. The third-order valence-corrected chi connectivity index (χ3v) is 4.30. The molecule has 1 N–H and O–H groups in total. The SMILES string of the molecule is O=C(O)[C@@H]1CN(c2c([N+](=O)[O-])cnc3ccccc23)C[C@H]1C(F)(F)F. The van der Waals surface area contributed by atoms with E-state index in [-0.39, 0.29) is 5.69 Å². The van der Waals surface area contributed by atoms with Crippen LogP contribution in [0, 0.1) is 22.0 Å². The van der Waals surface area contributed by atoms with Crippen molar-refractivity contribution in [1.82, 2.24) is 4.98 Å². The van der Waals surface area contributed by atoms with Crippen LogP contribution in [0.3, 0.4) is 0 Å². The lowest BCUT2D eigenvalue weighted by molar-refractivity contribution is -0.384. The lowest BCUT2D eigenvalue weighted by Gasteiger charge is -2.20. The number of anilines is 1. The van der Waals surface area contributed by atoms with Gasteiger partial charge in [-0.05, 0) is 6.07 Å². The van der Waals surface area contributed by atoms with Gasteiger partial charge in [-0.25, -0.2) is 4.98 Å². The number of carbonyl (C=O) groups is 1. The minimum atomic E-state index is -4.71. The van der Waals surface area contributed by atoms with Gasteiger partial charge in [-0.3, -0.25) is 14.9 Å². The van der Waals surface area contributed by atoms with Crippen LogP contribution in [0.1, 0.15) is 0 Å². The fraction of sp³-hybridized carbons (Fsp3) is 0.333. The van der Waals surface area contributed by atoms with E-state index >= 15 is 0 Å². The maximum absolute atomic E-state index is 13.2. The van der Waals surface area contributed by atoms with E-state index in [1.807, 2.05) is 0 Å². The molecule has 1 aliphatic heterocycles. The Labute approximate surface area is 138 Å². The van der Waals surface area contributed by atoms with Crippen LogP contribution in [0.25, 0.3) is 10.9 Å². The molecule has 0 bridgehead atoms. The minimum absolute atomic E-state index is 0.0337. The third kappa shape index (κ3) is 2.94. The van der Waals surface area contributed by atoms with Gasteiger partial charge in [-0.15, -0.1) is 0 Å². The molecule has 2 aromatic rings. The number of fused-ring (bicyclic) bond motifs is 1. The summed E-state index contributed by atoms with van der Waals surface area (Å²) in [5.74, 6) is -5.37. The van der Waals surface area contributed by atoms with E-state index in [0.29, 0.717) is 10.9 Å². The smallest absolute Gasteiger partial charge is 0.394 e. The second-order valence-electron chi connectivity index (χ2n) is 5.76. The molecule has 0 radical (unpaired) electrons. The number of hydrogen-bond acceptors (Lipinski definition) is 5. The number of nitro groups is 1. The molecule has 2 atom stereocenters. The summed E-state index contributed by atoms with van der Waals surface area (Å²) < 4.78 is 39.6. The number of carboxylic acids is 1. The van der Waals surface area contributed by atoms with Crippen LogP contribution >= 0.6 is 0 Å². The Balaban J connectivity index is 2.14. The normalized spacial score (nSPS) is 20.8. The van der Waals surface area contributed by atoms with Gasteiger partial charge < -0.3 is 10.0 Å². The summed E-state index contributed by atoms with van der Waals surface area (Å²) in [5.41, 5.74) is -0.107. The topological polar surface area (TPSA) is 96.6 Å². The Bertz CT molecular complexity index is 856. The Morgan fingerprint density at radius 1 is 1.32 bits per heavy atom. The van der Waals surface area contributed by atoms with Gasteiger partial charge in [0.05, 0.1) is 22.3 Å². The molecule has 0 spiro atoms. The molecule has 1 aliphatic rings. The first-order valence-electron chi connectivity index (χ1n) is 7.26. The van der Waals surface area contributed by atoms with Crippen molar-refractivity contribution in [2.24, 2.45) is 11.8 Å². The van der Waals surface area contributed by atoms with Crippen LogP contribution in [0.5, 0.6) is 0 Å². The average molecular weight is 355 g/mol. The number of hydrogen-bond donors (Lipinski definition) is 1. The van der Waals surface area contributed by atoms with Crippen LogP contribution in [-0.2, 0) is 4.79 Å². The molecule has 1 saturated heterocycles. The number of halogens is 3. The number of aliphatic carboxylic acids is 1. The predicted molar refractivity (Wildman–Crippen MR) is 81.3 cm³/mol. The molecular formula is C15H12F3N3O4. The molecule has 1 fully saturated rings. The van der Waals surface area contributed by atoms with Crippen molar-refractivity contribution in [3.63, 3.8) is 0 Å². The molecule has 2 heterocycles. The monoisotopic (exact) mass is 355 g/mol. The van der Waals surface area contributed by atoms with Crippen molar-refractivity contribution in [3.05, 3.63) is 40.6 Å². The molecule has 0 aliphatic carbocycles. The summed E-state index contributed by atoms with van der Waals surface area (Å²) >= 11 is 0. The van der Waals surface area contributed by atoms with Crippen LogP contribution in [-0.4, -0.2) is 40.2 Å². The van der Waals surface area contributed by atoms with E-state index < -0.39 is 47.7 Å². The highest BCUT2D eigenvalue weighted by Gasteiger charge is 2.53. The van der Waals surface area contributed by atoms with E-state index in [0.717, 1.165) is 11.1 Å². The van der Waals surface area contributed by atoms with Crippen molar-refractivity contribution in [3.8, 4) is 0 Å². The van der Waals surface area contributed by atoms with Crippen molar-refractivity contribution in [2.75, 3.05) is 18.0 Å². The summed E-state index contributed by atoms with van der Waals surface area (Å²) in [4.78, 5) is 26.9. The summed E-state index contributed by atoms with van der Waals surface area (Å²) in [7, 11) is 0. The summed E-state index contributed by atoms with van der Waals surface area (Å²) in [6.07, 6.45) is -3.73. The molecule has 0 saturated carbocycles. The first-order valence-corrected chi connectivity index (χ1v) is 7.26. The Kier molecular flexibility index (Phi) is 3.97. The van der Waals surface area contributed by atoms with Gasteiger partial charge in [0.15, 0.2) is 0 Å². The number of rotatable bonds is 3. The van der Waals surface area contributed by atoms with E-state index in [4.69, 9.17) is 5.11 Å². The number of benzene rings is 1. The van der Waals surface area contributed by atoms with Crippen molar-refractivity contribution in [2.45, 2.75) is 6.18 Å². The van der Waals surface area contributed by atoms with Crippen LogP contribution in [0.15, 0.2) is 30.5 Å². The summed E-state index contributed by atoms with van der Waals surface area (Å²) in [6.45, 7) is -1.12. The van der Waals surface area contributed by atoms with Crippen molar-refractivity contribution in [1.29, 1.82) is 0 Å². The highest BCUT2D eigenvalue weighted by atomic mass is 19.4. The van der Waals surface area contributed by atoms with Gasteiger partial charge in [-0.1, -0.05) is 18.2 Å². The van der Waals surface area contributed by atoms with Gasteiger partial charge in [0.2, 0.25) is 0 Å². The molecule has 132 valence electrons. The zero-order valence-corrected chi connectivity index (χ0v) is 12.6. The fourth-order valence-corrected chi connectivity index (χ4v) is 3.15. The first kappa shape index (κ1) is 16.9. The quantitative estimate of drug-likeness (QED) is 0.672. The van der Waals surface area contributed by atoms with E-state index in [1.54, 1.807) is 18.2 Å². The third-order valence-electron chi connectivity index (χ3n) is 4.30. The average Bonchev–Trinajstić information content (AvgIpc) is 2.99. The number of pyridine rings is 1. The lowest BCUT2D eigenvalue weighted by atomic mass is 9.96. The molecule has 1 aromatic carbocycles.